The van der Waals surface area contributed by atoms with Gasteiger partial charge in [0.05, 0.1) is 18.3 Å². The second-order valence-corrected chi connectivity index (χ2v) is 7.04. The van der Waals surface area contributed by atoms with Gasteiger partial charge in [-0.25, -0.2) is 10.2 Å². The molecular formula is C23H21N3O4. The van der Waals surface area contributed by atoms with Crippen LogP contribution in [0.4, 0.5) is 0 Å². The molecule has 1 aliphatic carbocycles. The van der Waals surface area contributed by atoms with E-state index in [0.29, 0.717) is 35.6 Å². The number of carbonyl (C=O) groups excluding carboxylic acids is 2. The number of rotatable bonds is 5. The molecule has 0 aliphatic heterocycles. The number of carbonyl (C=O) groups is 2. The maximum atomic E-state index is 12.6. The Balaban J connectivity index is 1.51. The molecule has 4 rings (SSSR count). The zero-order valence-electron chi connectivity index (χ0n) is 16.6. The van der Waals surface area contributed by atoms with Crippen molar-refractivity contribution in [1.29, 1.82) is 0 Å². The molecule has 7 nitrogen and oxygen atoms in total. The molecule has 0 atom stereocenters. The van der Waals surface area contributed by atoms with Gasteiger partial charge in [-0.2, -0.15) is 5.10 Å². The Bertz CT molecular complexity index is 1090. The largest absolute Gasteiger partial charge is 0.453 e. The van der Waals surface area contributed by atoms with E-state index in [1.165, 1.54) is 6.20 Å². The fourth-order valence-corrected chi connectivity index (χ4v) is 3.49. The van der Waals surface area contributed by atoms with Crippen LogP contribution in [0.1, 0.15) is 45.8 Å². The number of aromatic nitrogens is 1. The lowest BCUT2D eigenvalue weighted by atomic mass is 9.93. The highest BCUT2D eigenvalue weighted by Crippen LogP contribution is 2.30. The molecule has 1 N–H and O–H groups in total. The van der Waals surface area contributed by atoms with E-state index >= 15 is 0 Å². The van der Waals surface area contributed by atoms with Gasteiger partial charge in [-0.3, -0.25) is 9.78 Å². The third-order valence-electron chi connectivity index (χ3n) is 4.88. The summed E-state index contributed by atoms with van der Waals surface area (Å²) in [5, 5.41) is 4.33. The SMILES string of the molecule is Cc1c(C(=O)Oc2cccnc2)oc2c1/C(=N/NC(=O)Cc1ccccc1)CCC2. The molecule has 152 valence electrons. The van der Waals surface area contributed by atoms with Crippen LogP contribution < -0.4 is 10.2 Å². The second-order valence-electron chi connectivity index (χ2n) is 7.04. The molecule has 0 fully saturated rings. The first-order chi connectivity index (χ1) is 14.6. The number of esters is 1. The van der Waals surface area contributed by atoms with Gasteiger partial charge in [-0.05, 0) is 37.5 Å². The maximum Gasteiger partial charge on any atom is 0.379 e. The fraction of sp³-hybridized carbons (Fsp3) is 0.217. The van der Waals surface area contributed by atoms with Gasteiger partial charge < -0.3 is 9.15 Å². The Kier molecular flexibility index (Phi) is 5.70. The van der Waals surface area contributed by atoms with Gasteiger partial charge in [0.15, 0.2) is 0 Å². The molecule has 0 radical (unpaired) electrons. The number of hydrazone groups is 1. The quantitative estimate of drug-likeness (QED) is 0.519. The van der Waals surface area contributed by atoms with Crippen molar-refractivity contribution < 1.29 is 18.7 Å². The van der Waals surface area contributed by atoms with Crippen molar-refractivity contribution in [1.82, 2.24) is 10.4 Å². The third-order valence-corrected chi connectivity index (χ3v) is 4.88. The second kappa shape index (κ2) is 8.73. The topological polar surface area (TPSA) is 93.8 Å². The minimum absolute atomic E-state index is 0.147. The average Bonchev–Trinajstić information content (AvgIpc) is 3.11. The fourth-order valence-electron chi connectivity index (χ4n) is 3.49. The molecule has 7 heteroatoms. The molecule has 1 amide bonds. The van der Waals surface area contributed by atoms with E-state index in [1.54, 1.807) is 25.3 Å². The van der Waals surface area contributed by atoms with E-state index in [9.17, 15) is 9.59 Å². The molecular weight excluding hydrogens is 382 g/mol. The number of ether oxygens (including phenoxy) is 1. The molecule has 2 heterocycles. The lowest BCUT2D eigenvalue weighted by Crippen LogP contribution is -2.23. The molecule has 30 heavy (non-hydrogen) atoms. The Hall–Kier alpha value is -3.74. The normalized spacial score (nSPS) is 14.2. The van der Waals surface area contributed by atoms with Crippen LogP contribution in [0.25, 0.3) is 0 Å². The first kappa shape index (κ1) is 19.6. The minimum Gasteiger partial charge on any atom is -0.453 e. The van der Waals surface area contributed by atoms with Crippen LogP contribution >= 0.6 is 0 Å². The summed E-state index contributed by atoms with van der Waals surface area (Å²) in [6.45, 7) is 1.80. The first-order valence-electron chi connectivity index (χ1n) is 9.76. The number of nitrogens with zero attached hydrogens (tertiary/aromatic N) is 2. The van der Waals surface area contributed by atoms with Crippen molar-refractivity contribution in [3.8, 4) is 5.75 Å². The number of hydrogen-bond donors (Lipinski definition) is 1. The highest BCUT2D eigenvalue weighted by atomic mass is 16.5. The number of hydrogen-bond acceptors (Lipinski definition) is 6. The monoisotopic (exact) mass is 403 g/mol. The van der Waals surface area contributed by atoms with E-state index in [2.05, 4.69) is 15.5 Å². The number of amides is 1. The number of aryl methyl sites for hydroxylation is 1. The summed E-state index contributed by atoms with van der Waals surface area (Å²) in [7, 11) is 0. The van der Waals surface area contributed by atoms with E-state index in [0.717, 1.165) is 17.5 Å². The Labute approximate surface area is 173 Å². The smallest absolute Gasteiger partial charge is 0.379 e. The summed E-state index contributed by atoms with van der Waals surface area (Å²) >= 11 is 0. The molecule has 1 aromatic carbocycles. The van der Waals surface area contributed by atoms with Gasteiger partial charge in [0.2, 0.25) is 11.7 Å². The van der Waals surface area contributed by atoms with Crippen molar-refractivity contribution in [2.24, 2.45) is 5.10 Å². The minimum atomic E-state index is -0.581. The summed E-state index contributed by atoms with van der Waals surface area (Å²) < 4.78 is 11.2. The zero-order valence-corrected chi connectivity index (χ0v) is 16.6. The highest BCUT2D eigenvalue weighted by Gasteiger charge is 2.29. The van der Waals surface area contributed by atoms with Crippen LogP contribution in [0.3, 0.4) is 0 Å². The van der Waals surface area contributed by atoms with Crippen molar-refractivity contribution in [3.63, 3.8) is 0 Å². The van der Waals surface area contributed by atoms with Crippen molar-refractivity contribution in [3.05, 3.63) is 83.1 Å². The lowest BCUT2D eigenvalue weighted by Gasteiger charge is -2.13. The van der Waals surface area contributed by atoms with Crippen LogP contribution in [0.5, 0.6) is 5.75 Å². The zero-order chi connectivity index (χ0) is 20.9. The number of pyridine rings is 1. The predicted octanol–water partition coefficient (Wildman–Crippen LogP) is 3.60. The molecule has 3 aromatic rings. The van der Waals surface area contributed by atoms with E-state index < -0.39 is 5.97 Å². The summed E-state index contributed by atoms with van der Waals surface area (Å²) in [5.41, 5.74) is 5.69. The van der Waals surface area contributed by atoms with Crippen molar-refractivity contribution >= 4 is 17.6 Å². The molecule has 2 aromatic heterocycles. The van der Waals surface area contributed by atoms with Gasteiger partial charge in [-0.1, -0.05) is 30.3 Å². The highest BCUT2D eigenvalue weighted by molar-refractivity contribution is 6.06. The van der Waals surface area contributed by atoms with Crippen LogP contribution in [0, 0.1) is 6.92 Å². The molecule has 0 unspecified atom stereocenters. The predicted molar refractivity (Wildman–Crippen MR) is 110 cm³/mol. The van der Waals surface area contributed by atoms with Gasteiger partial charge in [0.1, 0.15) is 11.5 Å². The Morgan fingerprint density at radius 2 is 2.00 bits per heavy atom. The summed E-state index contributed by atoms with van der Waals surface area (Å²) in [6, 6.07) is 12.8. The molecule has 0 saturated heterocycles. The number of furan rings is 1. The number of nitrogens with one attached hydrogen (secondary N) is 1. The summed E-state index contributed by atoms with van der Waals surface area (Å²) in [6.07, 6.45) is 5.53. The lowest BCUT2D eigenvalue weighted by molar-refractivity contribution is -0.120. The third kappa shape index (κ3) is 4.30. The average molecular weight is 403 g/mol. The van der Waals surface area contributed by atoms with Crippen molar-refractivity contribution in [2.75, 3.05) is 0 Å². The summed E-state index contributed by atoms with van der Waals surface area (Å²) in [4.78, 5) is 28.8. The van der Waals surface area contributed by atoms with Gasteiger partial charge in [0, 0.05) is 23.7 Å². The molecule has 1 aliphatic rings. The number of benzene rings is 1. The Morgan fingerprint density at radius 1 is 1.17 bits per heavy atom. The standard InChI is InChI=1S/C23H21N3O4/c1-15-21-18(25-26-20(27)13-16-7-3-2-4-8-16)10-5-11-19(21)30-22(15)23(28)29-17-9-6-12-24-14-17/h2-4,6-9,12,14H,5,10-11,13H2,1H3,(H,26,27)/b25-18+. The molecule has 0 saturated carbocycles. The van der Waals surface area contributed by atoms with Crippen molar-refractivity contribution in [2.45, 2.75) is 32.6 Å². The number of fused-ring (bicyclic) bond motifs is 1. The van der Waals surface area contributed by atoms with Gasteiger partial charge in [0.25, 0.3) is 0 Å². The maximum absolute atomic E-state index is 12.6. The van der Waals surface area contributed by atoms with E-state index in [-0.39, 0.29) is 18.1 Å². The van der Waals surface area contributed by atoms with Crippen LogP contribution in [-0.2, 0) is 17.6 Å². The van der Waals surface area contributed by atoms with E-state index in [1.807, 2.05) is 30.3 Å². The van der Waals surface area contributed by atoms with Gasteiger partial charge >= 0.3 is 5.97 Å². The Morgan fingerprint density at radius 3 is 2.77 bits per heavy atom. The first-order valence-corrected chi connectivity index (χ1v) is 9.76. The molecule has 0 spiro atoms. The molecule has 0 bridgehead atoms. The van der Waals surface area contributed by atoms with Crippen LogP contribution in [0.2, 0.25) is 0 Å². The van der Waals surface area contributed by atoms with Crippen LogP contribution in [-0.4, -0.2) is 22.6 Å². The summed E-state index contributed by atoms with van der Waals surface area (Å²) in [5.74, 6) is 0.404. The van der Waals surface area contributed by atoms with Gasteiger partial charge in [-0.15, -0.1) is 0 Å². The van der Waals surface area contributed by atoms with E-state index in [4.69, 9.17) is 9.15 Å². The van der Waals surface area contributed by atoms with Crippen LogP contribution in [0.15, 0.2) is 64.4 Å².